The Bertz CT molecular complexity index is 934. The van der Waals surface area contributed by atoms with Crippen molar-refractivity contribution in [2.75, 3.05) is 19.7 Å². The van der Waals surface area contributed by atoms with Crippen molar-refractivity contribution in [1.29, 1.82) is 0 Å². The van der Waals surface area contributed by atoms with Crippen LogP contribution in [0.2, 0.25) is 5.02 Å². The third-order valence-corrected chi connectivity index (χ3v) is 5.97. The van der Waals surface area contributed by atoms with Crippen LogP contribution in [0.5, 0.6) is 0 Å². The van der Waals surface area contributed by atoms with Crippen LogP contribution in [-0.2, 0) is 11.3 Å². The molecule has 0 bridgehead atoms. The van der Waals surface area contributed by atoms with Gasteiger partial charge in [0.05, 0.1) is 18.8 Å². The molecule has 1 fully saturated rings. The topological polar surface area (TPSA) is 32.7 Å². The van der Waals surface area contributed by atoms with E-state index in [2.05, 4.69) is 17.0 Å². The second kappa shape index (κ2) is 9.71. The Kier molecular flexibility index (Phi) is 6.80. The van der Waals surface area contributed by atoms with Gasteiger partial charge in [-0.3, -0.25) is 4.90 Å². The highest BCUT2D eigenvalue weighted by Gasteiger charge is 2.37. The van der Waals surface area contributed by atoms with E-state index in [0.717, 1.165) is 13.1 Å². The van der Waals surface area contributed by atoms with Crippen molar-refractivity contribution in [2.45, 2.75) is 24.7 Å². The SMILES string of the molecule is OC(c1ccccc1)C(c1c(F)cccc1Cl)C1CN(Cc2ccccc2)CCO1. The summed E-state index contributed by atoms with van der Waals surface area (Å²) >= 11 is 6.42. The fourth-order valence-corrected chi connectivity index (χ4v) is 4.46. The van der Waals surface area contributed by atoms with Gasteiger partial charge in [0.1, 0.15) is 5.82 Å². The van der Waals surface area contributed by atoms with E-state index >= 15 is 0 Å². The standard InChI is InChI=1S/C25H25ClFNO2/c26-20-12-7-13-21(27)23(20)24(25(29)19-10-5-2-6-11-19)22-17-28(14-15-30-22)16-18-8-3-1-4-9-18/h1-13,22,24-25,29H,14-17H2. The first kappa shape index (κ1) is 21.0. The fraction of sp³-hybridized carbons (Fsp3) is 0.280. The number of nitrogens with zero attached hydrogens (tertiary/aromatic N) is 1. The van der Waals surface area contributed by atoms with Crippen molar-refractivity contribution in [3.8, 4) is 0 Å². The van der Waals surface area contributed by atoms with E-state index in [1.54, 1.807) is 12.1 Å². The van der Waals surface area contributed by atoms with Crippen LogP contribution in [-0.4, -0.2) is 35.8 Å². The van der Waals surface area contributed by atoms with Crippen LogP contribution in [0.3, 0.4) is 0 Å². The van der Waals surface area contributed by atoms with Crippen LogP contribution in [0.25, 0.3) is 0 Å². The zero-order valence-electron chi connectivity index (χ0n) is 16.6. The monoisotopic (exact) mass is 425 g/mol. The quantitative estimate of drug-likeness (QED) is 0.589. The molecule has 3 unspecified atom stereocenters. The lowest BCUT2D eigenvalue weighted by atomic mass is 9.83. The van der Waals surface area contributed by atoms with E-state index < -0.39 is 23.9 Å². The van der Waals surface area contributed by atoms with Crippen molar-refractivity contribution in [1.82, 2.24) is 4.90 Å². The minimum Gasteiger partial charge on any atom is -0.388 e. The Morgan fingerprint density at radius 1 is 1.00 bits per heavy atom. The van der Waals surface area contributed by atoms with Crippen molar-refractivity contribution < 1.29 is 14.2 Å². The van der Waals surface area contributed by atoms with Crippen LogP contribution in [0.1, 0.15) is 28.7 Å². The minimum absolute atomic E-state index is 0.304. The van der Waals surface area contributed by atoms with Crippen molar-refractivity contribution in [2.24, 2.45) is 0 Å². The molecule has 1 saturated heterocycles. The van der Waals surface area contributed by atoms with Crippen molar-refractivity contribution in [3.05, 3.63) is 106 Å². The molecule has 1 N–H and O–H groups in total. The first-order valence-corrected chi connectivity index (χ1v) is 10.6. The number of ether oxygens (including phenoxy) is 1. The fourth-order valence-electron chi connectivity index (χ4n) is 4.17. The lowest BCUT2D eigenvalue weighted by molar-refractivity contribution is -0.0674. The molecule has 1 aliphatic heterocycles. The van der Waals surface area contributed by atoms with Crippen LogP contribution in [0.4, 0.5) is 4.39 Å². The van der Waals surface area contributed by atoms with Crippen LogP contribution < -0.4 is 0 Å². The van der Waals surface area contributed by atoms with E-state index in [1.807, 2.05) is 48.5 Å². The largest absolute Gasteiger partial charge is 0.388 e. The normalized spacial score (nSPS) is 19.4. The molecular formula is C25H25ClFNO2. The third-order valence-electron chi connectivity index (χ3n) is 5.64. The van der Waals surface area contributed by atoms with E-state index in [1.165, 1.54) is 11.6 Å². The summed E-state index contributed by atoms with van der Waals surface area (Å²) in [5.74, 6) is -1.05. The smallest absolute Gasteiger partial charge is 0.128 e. The van der Waals surface area contributed by atoms with Gasteiger partial charge in [-0.2, -0.15) is 0 Å². The van der Waals surface area contributed by atoms with Crippen LogP contribution in [0.15, 0.2) is 78.9 Å². The number of aliphatic hydroxyl groups is 1. The first-order valence-electron chi connectivity index (χ1n) is 10.2. The van der Waals surface area contributed by atoms with Gasteiger partial charge >= 0.3 is 0 Å². The molecule has 0 aliphatic carbocycles. The van der Waals surface area contributed by atoms with E-state index in [4.69, 9.17) is 16.3 Å². The molecule has 4 rings (SSSR count). The van der Waals surface area contributed by atoms with Crippen LogP contribution >= 0.6 is 11.6 Å². The molecule has 0 amide bonds. The van der Waals surface area contributed by atoms with Crippen LogP contribution in [0, 0.1) is 5.82 Å². The zero-order chi connectivity index (χ0) is 20.9. The Labute approximate surface area is 181 Å². The van der Waals surface area contributed by atoms with E-state index in [0.29, 0.717) is 29.3 Å². The van der Waals surface area contributed by atoms with Gasteiger partial charge in [0.25, 0.3) is 0 Å². The van der Waals surface area contributed by atoms with Gasteiger partial charge in [0.15, 0.2) is 0 Å². The number of morpholine rings is 1. The summed E-state index contributed by atoms with van der Waals surface area (Å²) in [4.78, 5) is 2.28. The molecule has 3 nitrogen and oxygen atoms in total. The first-order chi connectivity index (χ1) is 14.6. The maximum absolute atomic E-state index is 14.9. The Balaban J connectivity index is 1.65. The number of hydrogen-bond donors (Lipinski definition) is 1. The van der Waals surface area contributed by atoms with Crippen molar-refractivity contribution in [3.63, 3.8) is 0 Å². The lowest BCUT2D eigenvalue weighted by Crippen LogP contribution is -2.46. The second-order valence-corrected chi connectivity index (χ2v) is 8.05. The second-order valence-electron chi connectivity index (χ2n) is 7.65. The molecule has 3 aromatic rings. The highest BCUT2D eigenvalue weighted by molar-refractivity contribution is 6.31. The van der Waals surface area contributed by atoms with Gasteiger partial charge < -0.3 is 9.84 Å². The molecule has 1 heterocycles. The summed E-state index contributed by atoms with van der Waals surface area (Å²) in [5, 5.41) is 11.6. The third kappa shape index (κ3) is 4.73. The predicted octanol–water partition coefficient (Wildman–Crippen LogP) is 5.20. The Hall–Kier alpha value is -2.24. The molecule has 30 heavy (non-hydrogen) atoms. The van der Waals surface area contributed by atoms with Gasteiger partial charge in [-0.25, -0.2) is 4.39 Å². The molecule has 0 spiro atoms. The average Bonchev–Trinajstić information content (AvgIpc) is 2.77. The lowest BCUT2D eigenvalue weighted by Gasteiger charge is -2.39. The predicted molar refractivity (Wildman–Crippen MR) is 117 cm³/mol. The molecular weight excluding hydrogens is 401 g/mol. The summed E-state index contributed by atoms with van der Waals surface area (Å²) in [6, 6.07) is 24.2. The molecule has 0 saturated carbocycles. The Morgan fingerprint density at radius 3 is 2.40 bits per heavy atom. The number of aliphatic hydroxyl groups excluding tert-OH is 1. The summed E-state index contributed by atoms with van der Waals surface area (Å²) in [7, 11) is 0. The summed E-state index contributed by atoms with van der Waals surface area (Å²) < 4.78 is 21.0. The molecule has 3 atom stereocenters. The Morgan fingerprint density at radius 2 is 1.70 bits per heavy atom. The highest BCUT2D eigenvalue weighted by atomic mass is 35.5. The maximum atomic E-state index is 14.9. The summed E-state index contributed by atoms with van der Waals surface area (Å²) in [5.41, 5.74) is 2.23. The molecule has 3 aromatic carbocycles. The van der Waals surface area contributed by atoms with Gasteiger partial charge in [-0.15, -0.1) is 0 Å². The number of rotatable bonds is 6. The van der Waals surface area contributed by atoms with Gasteiger partial charge in [-0.1, -0.05) is 78.3 Å². The highest BCUT2D eigenvalue weighted by Crippen LogP contribution is 2.40. The minimum atomic E-state index is -0.942. The van der Waals surface area contributed by atoms with Gasteiger partial charge in [0, 0.05) is 36.1 Å². The van der Waals surface area contributed by atoms with Gasteiger partial charge in [-0.05, 0) is 23.3 Å². The maximum Gasteiger partial charge on any atom is 0.128 e. The molecule has 1 aliphatic rings. The van der Waals surface area contributed by atoms with E-state index in [-0.39, 0.29) is 0 Å². The molecule has 5 heteroatoms. The molecule has 156 valence electrons. The zero-order valence-corrected chi connectivity index (χ0v) is 17.4. The average molecular weight is 426 g/mol. The number of benzene rings is 3. The van der Waals surface area contributed by atoms with Crippen molar-refractivity contribution >= 4 is 11.6 Å². The molecule has 0 radical (unpaired) electrons. The van der Waals surface area contributed by atoms with Gasteiger partial charge in [0.2, 0.25) is 0 Å². The number of hydrogen-bond acceptors (Lipinski definition) is 3. The van der Waals surface area contributed by atoms with E-state index in [9.17, 15) is 9.50 Å². The molecule has 0 aromatic heterocycles. The summed E-state index contributed by atoms with van der Waals surface area (Å²) in [6.07, 6.45) is -1.34. The summed E-state index contributed by atoms with van der Waals surface area (Å²) in [6.45, 7) is 2.65. The number of halogens is 2.